The average molecular weight is 232 g/mol. The molecule has 1 aromatic carbocycles. The van der Waals surface area contributed by atoms with Gasteiger partial charge in [-0.05, 0) is 5.56 Å². The molecule has 0 saturated heterocycles. The number of benzene rings is 1. The number of nitrogens with zero attached hydrogens (tertiary/aromatic N) is 3. The molecule has 0 fully saturated rings. The van der Waals surface area contributed by atoms with E-state index in [0.29, 0.717) is 13.1 Å². The van der Waals surface area contributed by atoms with Crippen LogP contribution < -0.4 is 5.32 Å². The van der Waals surface area contributed by atoms with Crippen LogP contribution in [0.25, 0.3) is 0 Å². The molecule has 17 heavy (non-hydrogen) atoms. The summed E-state index contributed by atoms with van der Waals surface area (Å²) in [6, 6.07) is 9.59. The molecule has 0 bridgehead atoms. The maximum Gasteiger partial charge on any atom is 0.0964 e. The van der Waals surface area contributed by atoms with Crippen LogP contribution in [-0.4, -0.2) is 26.6 Å². The minimum absolute atomic E-state index is 0.493. The topological polar surface area (TPSA) is 63.0 Å². The normalized spacial score (nSPS) is 12.6. The van der Waals surface area contributed by atoms with Crippen LogP contribution in [0.4, 0.5) is 0 Å². The molecule has 1 atom stereocenters. The van der Waals surface area contributed by atoms with E-state index >= 15 is 0 Å². The van der Waals surface area contributed by atoms with Crippen LogP contribution in [0.1, 0.15) is 17.4 Å². The van der Waals surface area contributed by atoms with Crippen LogP contribution in [0, 0.1) is 0 Å². The summed E-state index contributed by atoms with van der Waals surface area (Å²) in [4.78, 5) is 0. The van der Waals surface area contributed by atoms with E-state index in [2.05, 4.69) is 15.6 Å². The Labute approximate surface area is 100 Å². The van der Waals surface area contributed by atoms with Crippen molar-refractivity contribution < 1.29 is 5.11 Å². The van der Waals surface area contributed by atoms with Crippen molar-refractivity contribution in [1.82, 2.24) is 20.3 Å². The van der Waals surface area contributed by atoms with Crippen LogP contribution in [0.5, 0.6) is 0 Å². The van der Waals surface area contributed by atoms with Crippen molar-refractivity contribution in [2.24, 2.45) is 7.05 Å². The molecule has 0 radical (unpaired) electrons. The van der Waals surface area contributed by atoms with E-state index in [4.69, 9.17) is 0 Å². The van der Waals surface area contributed by atoms with E-state index in [9.17, 15) is 5.11 Å². The molecule has 1 unspecified atom stereocenters. The molecule has 0 amide bonds. The zero-order valence-electron chi connectivity index (χ0n) is 9.74. The fourth-order valence-electron chi connectivity index (χ4n) is 1.61. The maximum atomic E-state index is 9.90. The van der Waals surface area contributed by atoms with Gasteiger partial charge in [0.1, 0.15) is 0 Å². The summed E-state index contributed by atoms with van der Waals surface area (Å²) in [5.74, 6) is 0. The summed E-state index contributed by atoms with van der Waals surface area (Å²) in [5.41, 5.74) is 1.78. The average Bonchev–Trinajstić information content (AvgIpc) is 2.76. The fourth-order valence-corrected chi connectivity index (χ4v) is 1.61. The Morgan fingerprint density at radius 2 is 2.12 bits per heavy atom. The molecule has 0 saturated carbocycles. The lowest BCUT2D eigenvalue weighted by Gasteiger charge is -2.11. The lowest BCUT2D eigenvalue weighted by Crippen LogP contribution is -2.21. The van der Waals surface area contributed by atoms with Crippen molar-refractivity contribution in [2.45, 2.75) is 12.6 Å². The van der Waals surface area contributed by atoms with Crippen molar-refractivity contribution in [1.29, 1.82) is 0 Å². The summed E-state index contributed by atoms with van der Waals surface area (Å²) in [5, 5.41) is 20.8. The summed E-state index contributed by atoms with van der Waals surface area (Å²) in [6.45, 7) is 1.11. The van der Waals surface area contributed by atoms with Gasteiger partial charge >= 0.3 is 0 Å². The highest BCUT2D eigenvalue weighted by Gasteiger charge is 2.06. The van der Waals surface area contributed by atoms with E-state index in [0.717, 1.165) is 11.3 Å². The van der Waals surface area contributed by atoms with E-state index in [-0.39, 0.29) is 0 Å². The van der Waals surface area contributed by atoms with Gasteiger partial charge in [0.25, 0.3) is 0 Å². The molecule has 0 aliphatic rings. The quantitative estimate of drug-likeness (QED) is 0.794. The Morgan fingerprint density at radius 1 is 1.35 bits per heavy atom. The summed E-state index contributed by atoms with van der Waals surface area (Å²) >= 11 is 0. The first kappa shape index (κ1) is 11.8. The van der Waals surface area contributed by atoms with Crippen LogP contribution >= 0.6 is 0 Å². The highest BCUT2D eigenvalue weighted by molar-refractivity contribution is 5.17. The molecule has 90 valence electrons. The van der Waals surface area contributed by atoms with Crippen LogP contribution in [0.2, 0.25) is 0 Å². The molecule has 1 heterocycles. The van der Waals surface area contributed by atoms with Gasteiger partial charge in [-0.15, -0.1) is 5.10 Å². The Hall–Kier alpha value is -1.72. The Kier molecular flexibility index (Phi) is 3.85. The standard InChI is InChI=1S/C12H16N4O/c1-16-9-11(14-15-16)7-13-8-12(17)10-5-3-2-4-6-10/h2-6,9,12-13,17H,7-8H2,1H3. The van der Waals surface area contributed by atoms with Crippen LogP contribution in [-0.2, 0) is 13.6 Å². The van der Waals surface area contributed by atoms with Crippen LogP contribution in [0.3, 0.4) is 0 Å². The third-order valence-electron chi connectivity index (χ3n) is 2.48. The molecule has 2 N–H and O–H groups in total. The van der Waals surface area contributed by atoms with Gasteiger partial charge in [0, 0.05) is 26.3 Å². The number of aryl methyl sites for hydroxylation is 1. The van der Waals surface area contributed by atoms with E-state index in [1.807, 2.05) is 43.6 Å². The van der Waals surface area contributed by atoms with Crippen molar-refractivity contribution >= 4 is 0 Å². The summed E-state index contributed by atoms with van der Waals surface area (Å²) < 4.78 is 1.66. The molecule has 5 nitrogen and oxygen atoms in total. The third-order valence-corrected chi connectivity index (χ3v) is 2.48. The molecule has 0 aliphatic heterocycles. The largest absolute Gasteiger partial charge is 0.387 e. The number of nitrogens with one attached hydrogen (secondary N) is 1. The Morgan fingerprint density at radius 3 is 2.76 bits per heavy atom. The third kappa shape index (κ3) is 3.37. The zero-order chi connectivity index (χ0) is 12.1. The van der Waals surface area contributed by atoms with Gasteiger partial charge in [-0.2, -0.15) is 0 Å². The maximum absolute atomic E-state index is 9.90. The Bertz CT molecular complexity index is 455. The smallest absolute Gasteiger partial charge is 0.0964 e. The zero-order valence-corrected chi connectivity index (χ0v) is 9.74. The van der Waals surface area contributed by atoms with E-state index in [1.54, 1.807) is 4.68 Å². The molecule has 0 spiro atoms. The van der Waals surface area contributed by atoms with Gasteiger partial charge in [0.2, 0.25) is 0 Å². The molecular weight excluding hydrogens is 216 g/mol. The second-order valence-electron chi connectivity index (χ2n) is 3.94. The molecule has 5 heteroatoms. The molecule has 2 rings (SSSR count). The Balaban J connectivity index is 1.79. The second-order valence-corrected chi connectivity index (χ2v) is 3.94. The number of aliphatic hydroxyl groups is 1. The van der Waals surface area contributed by atoms with Crippen molar-refractivity contribution in [3.05, 3.63) is 47.8 Å². The molecule has 1 aromatic heterocycles. The number of aliphatic hydroxyl groups excluding tert-OH is 1. The first-order chi connectivity index (χ1) is 8.25. The minimum atomic E-state index is -0.493. The van der Waals surface area contributed by atoms with E-state index < -0.39 is 6.10 Å². The van der Waals surface area contributed by atoms with Gasteiger partial charge in [-0.25, -0.2) is 0 Å². The van der Waals surface area contributed by atoms with Crippen molar-refractivity contribution in [3.8, 4) is 0 Å². The fraction of sp³-hybridized carbons (Fsp3) is 0.333. The predicted molar refractivity (Wildman–Crippen MR) is 64.1 cm³/mol. The highest BCUT2D eigenvalue weighted by atomic mass is 16.3. The van der Waals surface area contributed by atoms with Gasteiger partial charge in [0.05, 0.1) is 11.8 Å². The van der Waals surface area contributed by atoms with Crippen molar-refractivity contribution in [3.63, 3.8) is 0 Å². The van der Waals surface area contributed by atoms with Gasteiger partial charge < -0.3 is 10.4 Å². The van der Waals surface area contributed by atoms with Crippen LogP contribution in [0.15, 0.2) is 36.5 Å². The lowest BCUT2D eigenvalue weighted by molar-refractivity contribution is 0.174. The van der Waals surface area contributed by atoms with Gasteiger partial charge in [-0.3, -0.25) is 4.68 Å². The molecule has 2 aromatic rings. The SMILES string of the molecule is Cn1cc(CNCC(O)c2ccccc2)nn1. The number of hydrogen-bond acceptors (Lipinski definition) is 4. The minimum Gasteiger partial charge on any atom is -0.387 e. The predicted octanol–water partition coefficient (Wildman–Crippen LogP) is 0.638. The van der Waals surface area contributed by atoms with Gasteiger partial charge in [-0.1, -0.05) is 35.5 Å². The van der Waals surface area contributed by atoms with Gasteiger partial charge in [0.15, 0.2) is 0 Å². The molecule has 0 aliphatic carbocycles. The number of aromatic nitrogens is 3. The summed E-state index contributed by atoms with van der Waals surface area (Å²) in [7, 11) is 1.83. The highest BCUT2D eigenvalue weighted by Crippen LogP contribution is 2.10. The van der Waals surface area contributed by atoms with E-state index in [1.165, 1.54) is 0 Å². The number of rotatable bonds is 5. The lowest BCUT2D eigenvalue weighted by atomic mass is 10.1. The summed E-state index contributed by atoms with van der Waals surface area (Å²) in [6.07, 6.45) is 1.36. The monoisotopic (exact) mass is 232 g/mol. The second kappa shape index (κ2) is 5.56. The molecular formula is C12H16N4O. The first-order valence-electron chi connectivity index (χ1n) is 5.54. The first-order valence-corrected chi connectivity index (χ1v) is 5.54. The van der Waals surface area contributed by atoms with Crippen molar-refractivity contribution in [2.75, 3.05) is 6.54 Å². The number of hydrogen-bond donors (Lipinski definition) is 2.